The van der Waals surface area contributed by atoms with Crippen molar-refractivity contribution in [2.45, 2.75) is 20.4 Å². The number of amides is 1. The Kier molecular flexibility index (Phi) is 3.47. The summed E-state index contributed by atoms with van der Waals surface area (Å²) < 4.78 is 5.18. The van der Waals surface area contributed by atoms with E-state index in [4.69, 9.17) is 4.52 Å². The van der Waals surface area contributed by atoms with Gasteiger partial charge in [0, 0.05) is 17.6 Å². The van der Waals surface area contributed by atoms with Gasteiger partial charge in [-0.2, -0.15) is 0 Å². The lowest BCUT2D eigenvalue weighted by Gasteiger charge is -2.17. The molecule has 21 heavy (non-hydrogen) atoms. The average molecular weight is 301 g/mol. The molecule has 0 fully saturated rings. The zero-order chi connectivity index (χ0) is 15.0. The Labute approximate surface area is 126 Å². The maximum atomic E-state index is 12.7. The molecule has 3 rings (SSSR count). The summed E-state index contributed by atoms with van der Waals surface area (Å²) in [6.45, 7) is 4.25. The van der Waals surface area contributed by atoms with E-state index in [0.29, 0.717) is 28.9 Å². The van der Waals surface area contributed by atoms with Gasteiger partial charge >= 0.3 is 0 Å². The molecule has 1 amide bonds. The van der Waals surface area contributed by atoms with Crippen LogP contribution in [0.5, 0.6) is 0 Å². The predicted molar refractivity (Wildman–Crippen MR) is 81.4 cm³/mol. The zero-order valence-corrected chi connectivity index (χ0v) is 12.9. The summed E-state index contributed by atoms with van der Waals surface area (Å²) >= 11 is 1.64. The standard InChI is InChI=1S/C15H15N3O2S/c1-9-7-12(13-10(2)17-20-14(13)16-9)15(19)18(3)8-11-5-4-6-21-11/h4-7H,8H2,1-3H3. The van der Waals surface area contributed by atoms with Crippen LogP contribution in [0.1, 0.15) is 26.6 Å². The number of hydrogen-bond donors (Lipinski definition) is 0. The molecule has 3 aromatic heterocycles. The molecule has 0 bridgehead atoms. The third-order valence-electron chi connectivity index (χ3n) is 3.30. The maximum Gasteiger partial charge on any atom is 0.258 e. The predicted octanol–water partition coefficient (Wildman–Crippen LogP) is 3.17. The van der Waals surface area contributed by atoms with Crippen molar-refractivity contribution in [1.29, 1.82) is 0 Å². The molecule has 0 spiro atoms. The van der Waals surface area contributed by atoms with Crippen molar-refractivity contribution < 1.29 is 9.32 Å². The largest absolute Gasteiger partial charge is 0.337 e. The Morgan fingerprint density at radius 1 is 1.43 bits per heavy atom. The minimum atomic E-state index is -0.0507. The number of thiophene rings is 1. The number of fused-ring (bicyclic) bond motifs is 1. The van der Waals surface area contributed by atoms with E-state index in [1.54, 1.807) is 29.4 Å². The molecule has 0 atom stereocenters. The van der Waals surface area contributed by atoms with Crippen LogP contribution in [-0.4, -0.2) is 28.0 Å². The van der Waals surface area contributed by atoms with Gasteiger partial charge in [0.25, 0.3) is 11.6 Å². The SMILES string of the molecule is Cc1cc(C(=O)N(C)Cc2cccs2)c2c(C)noc2n1. The van der Waals surface area contributed by atoms with Crippen LogP contribution in [0, 0.1) is 13.8 Å². The Balaban J connectivity index is 1.99. The number of aryl methyl sites for hydroxylation is 2. The van der Waals surface area contributed by atoms with Gasteiger partial charge in [-0.05, 0) is 31.4 Å². The third-order valence-corrected chi connectivity index (χ3v) is 4.16. The van der Waals surface area contributed by atoms with Crippen molar-refractivity contribution in [3.63, 3.8) is 0 Å². The van der Waals surface area contributed by atoms with E-state index in [1.807, 2.05) is 31.4 Å². The molecule has 0 radical (unpaired) electrons. The van der Waals surface area contributed by atoms with Crippen molar-refractivity contribution in [3.8, 4) is 0 Å². The highest BCUT2D eigenvalue weighted by molar-refractivity contribution is 7.09. The summed E-state index contributed by atoms with van der Waals surface area (Å²) in [7, 11) is 1.80. The highest BCUT2D eigenvalue weighted by Crippen LogP contribution is 2.23. The minimum absolute atomic E-state index is 0.0507. The molecule has 0 aliphatic carbocycles. The van der Waals surface area contributed by atoms with E-state index in [9.17, 15) is 4.79 Å². The van der Waals surface area contributed by atoms with Crippen LogP contribution in [0.25, 0.3) is 11.1 Å². The van der Waals surface area contributed by atoms with E-state index in [2.05, 4.69) is 10.1 Å². The van der Waals surface area contributed by atoms with Gasteiger partial charge in [0.2, 0.25) is 0 Å². The Morgan fingerprint density at radius 3 is 2.95 bits per heavy atom. The van der Waals surface area contributed by atoms with Crippen LogP contribution < -0.4 is 0 Å². The monoisotopic (exact) mass is 301 g/mol. The van der Waals surface area contributed by atoms with Gasteiger partial charge < -0.3 is 9.42 Å². The van der Waals surface area contributed by atoms with Gasteiger partial charge in [-0.15, -0.1) is 11.3 Å². The molecule has 0 saturated heterocycles. The number of aromatic nitrogens is 2. The number of pyridine rings is 1. The molecule has 108 valence electrons. The molecule has 5 nitrogen and oxygen atoms in total. The van der Waals surface area contributed by atoms with Crippen LogP contribution in [0.15, 0.2) is 28.1 Å². The molecule has 3 heterocycles. The molecule has 0 aliphatic rings. The average Bonchev–Trinajstić information content (AvgIpc) is 3.07. The highest BCUT2D eigenvalue weighted by atomic mass is 32.1. The lowest BCUT2D eigenvalue weighted by atomic mass is 10.1. The lowest BCUT2D eigenvalue weighted by Crippen LogP contribution is -2.26. The zero-order valence-electron chi connectivity index (χ0n) is 12.1. The molecular formula is C15H15N3O2S. The smallest absolute Gasteiger partial charge is 0.258 e. The van der Waals surface area contributed by atoms with Gasteiger partial charge in [-0.25, -0.2) is 4.98 Å². The summed E-state index contributed by atoms with van der Waals surface area (Å²) in [5, 5.41) is 6.61. The van der Waals surface area contributed by atoms with E-state index in [-0.39, 0.29) is 5.91 Å². The first-order chi connectivity index (χ1) is 10.1. The minimum Gasteiger partial charge on any atom is -0.337 e. The van der Waals surface area contributed by atoms with Gasteiger partial charge in [0.15, 0.2) is 0 Å². The molecule has 0 aromatic carbocycles. The molecule has 0 unspecified atom stereocenters. The molecule has 0 saturated carbocycles. The second kappa shape index (κ2) is 5.29. The second-order valence-electron chi connectivity index (χ2n) is 5.00. The summed E-state index contributed by atoms with van der Waals surface area (Å²) in [5.41, 5.74) is 2.44. The number of hydrogen-bond acceptors (Lipinski definition) is 5. The fourth-order valence-corrected chi connectivity index (χ4v) is 3.06. The number of rotatable bonds is 3. The van der Waals surface area contributed by atoms with Crippen LogP contribution in [0.3, 0.4) is 0 Å². The fraction of sp³-hybridized carbons (Fsp3) is 0.267. The van der Waals surface area contributed by atoms with Crippen molar-refractivity contribution in [1.82, 2.24) is 15.0 Å². The van der Waals surface area contributed by atoms with Crippen molar-refractivity contribution in [2.75, 3.05) is 7.05 Å². The Morgan fingerprint density at radius 2 is 2.24 bits per heavy atom. The number of carbonyl (C=O) groups is 1. The highest BCUT2D eigenvalue weighted by Gasteiger charge is 2.20. The quantitative estimate of drug-likeness (QED) is 0.745. The van der Waals surface area contributed by atoms with Gasteiger partial charge in [-0.3, -0.25) is 4.79 Å². The molecule has 6 heteroatoms. The van der Waals surface area contributed by atoms with Crippen molar-refractivity contribution >= 4 is 28.3 Å². The first-order valence-corrected chi connectivity index (χ1v) is 7.45. The lowest BCUT2D eigenvalue weighted by molar-refractivity contribution is 0.0788. The fourth-order valence-electron chi connectivity index (χ4n) is 2.30. The maximum absolute atomic E-state index is 12.7. The number of carbonyl (C=O) groups excluding carboxylic acids is 1. The molecule has 0 N–H and O–H groups in total. The van der Waals surface area contributed by atoms with Gasteiger partial charge in [-0.1, -0.05) is 11.2 Å². The molecular weight excluding hydrogens is 286 g/mol. The van der Waals surface area contributed by atoms with Crippen LogP contribution in [0.2, 0.25) is 0 Å². The van der Waals surface area contributed by atoms with Crippen molar-refractivity contribution in [2.24, 2.45) is 0 Å². The van der Waals surface area contributed by atoms with Gasteiger partial charge in [0.05, 0.1) is 23.2 Å². The third kappa shape index (κ3) is 2.54. The topological polar surface area (TPSA) is 59.2 Å². The van der Waals surface area contributed by atoms with E-state index < -0.39 is 0 Å². The molecule has 0 aliphatic heterocycles. The van der Waals surface area contributed by atoms with Crippen LogP contribution in [-0.2, 0) is 6.54 Å². The summed E-state index contributed by atoms with van der Waals surface area (Å²) in [4.78, 5) is 19.8. The first kappa shape index (κ1) is 13.8. The van der Waals surface area contributed by atoms with Crippen molar-refractivity contribution in [3.05, 3.63) is 45.4 Å². The van der Waals surface area contributed by atoms with Crippen LogP contribution in [0.4, 0.5) is 0 Å². The van der Waals surface area contributed by atoms with Crippen LogP contribution >= 0.6 is 11.3 Å². The van der Waals surface area contributed by atoms with Gasteiger partial charge in [0.1, 0.15) is 0 Å². The summed E-state index contributed by atoms with van der Waals surface area (Å²) in [5.74, 6) is -0.0507. The first-order valence-electron chi connectivity index (χ1n) is 6.57. The second-order valence-corrected chi connectivity index (χ2v) is 6.03. The summed E-state index contributed by atoms with van der Waals surface area (Å²) in [6.07, 6.45) is 0. The Hall–Kier alpha value is -2.21. The van der Waals surface area contributed by atoms with E-state index >= 15 is 0 Å². The number of nitrogens with zero attached hydrogens (tertiary/aromatic N) is 3. The Bertz CT molecular complexity index is 793. The summed E-state index contributed by atoms with van der Waals surface area (Å²) in [6, 6.07) is 5.80. The van der Waals surface area contributed by atoms with E-state index in [1.165, 1.54) is 0 Å². The normalized spacial score (nSPS) is 11.0. The molecule has 3 aromatic rings. The van der Waals surface area contributed by atoms with E-state index in [0.717, 1.165) is 10.6 Å².